The van der Waals surface area contributed by atoms with Gasteiger partial charge in [-0.15, -0.1) is 0 Å². The van der Waals surface area contributed by atoms with Crippen LogP contribution in [-0.2, 0) is 0 Å². The van der Waals surface area contributed by atoms with E-state index < -0.39 is 0 Å². The van der Waals surface area contributed by atoms with Crippen molar-refractivity contribution in [1.29, 1.82) is 0 Å². The number of aryl methyl sites for hydroxylation is 4. The number of pyridine rings is 4. The summed E-state index contributed by atoms with van der Waals surface area (Å²) < 4.78 is 0. The monoisotopic (exact) mass is 930 g/mol. The summed E-state index contributed by atoms with van der Waals surface area (Å²) in [5.41, 5.74) is 17.0. The van der Waals surface area contributed by atoms with Gasteiger partial charge in [-0.2, -0.15) is 0 Å². The Labute approximate surface area is 419 Å². The molecule has 0 bridgehead atoms. The zero-order valence-corrected chi connectivity index (χ0v) is 40.5. The summed E-state index contributed by atoms with van der Waals surface area (Å²) in [5, 5.41) is 6.69. The third-order valence-electron chi connectivity index (χ3n) is 13.9. The highest BCUT2D eigenvalue weighted by Crippen LogP contribution is 2.55. The lowest BCUT2D eigenvalue weighted by molar-refractivity contribution is 1.21. The highest BCUT2D eigenvalue weighted by molar-refractivity contribution is 6.33. The van der Waals surface area contributed by atoms with Crippen LogP contribution >= 0.6 is 0 Å². The third-order valence-corrected chi connectivity index (χ3v) is 13.9. The van der Waals surface area contributed by atoms with Crippen molar-refractivity contribution in [3.63, 3.8) is 0 Å². The summed E-state index contributed by atoms with van der Waals surface area (Å²) >= 11 is 0. The number of benzene rings is 8. The van der Waals surface area contributed by atoms with Crippen molar-refractivity contribution in [3.05, 3.63) is 254 Å². The van der Waals surface area contributed by atoms with E-state index in [-0.39, 0.29) is 0 Å². The van der Waals surface area contributed by atoms with Crippen LogP contribution in [0.15, 0.2) is 232 Å². The van der Waals surface area contributed by atoms with Gasteiger partial charge >= 0.3 is 0 Å². The standard InChI is InChI=1S/C64H50N8/c1-43-13-5-9-17-55(43)69(47-25-33-65-34-26-47)59-41-60(70(48-27-35-66-36-28-48)56-18-10-6-14-44(56)2)52-23-24-54-62(72(50-31-39-68-40-32-50)58-20-12-8-16-46(58)4)42-61(53-22-21-51(59)63(52)64(53)54)71(49-29-37-67-38-30-49)57-19-11-7-15-45(57)3/h5-42H,1-4H3. The van der Waals surface area contributed by atoms with Gasteiger partial charge in [0.25, 0.3) is 0 Å². The molecule has 12 rings (SSSR count). The molecule has 12 aromatic rings. The van der Waals surface area contributed by atoms with E-state index in [1.165, 1.54) is 0 Å². The minimum Gasteiger partial charge on any atom is -0.309 e. The predicted molar refractivity (Wildman–Crippen MR) is 299 cm³/mol. The van der Waals surface area contributed by atoms with E-state index in [1.807, 2.05) is 49.6 Å². The van der Waals surface area contributed by atoms with Crippen molar-refractivity contribution in [2.75, 3.05) is 19.6 Å². The predicted octanol–water partition coefficient (Wildman–Crippen LogP) is 17.3. The SMILES string of the molecule is Cc1ccccc1N(c1ccncc1)c1cc(N(c2ccncc2)c2ccccc2C)c2ccc3c(N(c4ccncc4)c4ccccc4C)cc(N(c4ccncc4)c4ccccc4C)c4ccc1c2c43. The maximum absolute atomic E-state index is 4.51. The van der Waals surface area contributed by atoms with Crippen LogP contribution in [0, 0.1) is 27.7 Å². The fourth-order valence-corrected chi connectivity index (χ4v) is 10.5. The molecular weight excluding hydrogens is 881 g/mol. The fraction of sp³-hybridized carbons (Fsp3) is 0.0625. The molecule has 0 amide bonds. The molecule has 0 aliphatic carbocycles. The van der Waals surface area contributed by atoms with Crippen LogP contribution in [-0.4, -0.2) is 19.9 Å². The molecule has 4 aromatic heterocycles. The lowest BCUT2D eigenvalue weighted by atomic mass is 9.89. The molecule has 0 atom stereocenters. The number of rotatable bonds is 12. The van der Waals surface area contributed by atoms with Crippen LogP contribution in [0.3, 0.4) is 0 Å². The average molecular weight is 931 g/mol. The first-order valence-electron chi connectivity index (χ1n) is 24.3. The fourth-order valence-electron chi connectivity index (χ4n) is 10.5. The average Bonchev–Trinajstić information content (AvgIpc) is 3.42. The van der Waals surface area contributed by atoms with E-state index in [9.17, 15) is 0 Å². The maximum atomic E-state index is 4.51. The van der Waals surface area contributed by atoms with Gasteiger partial charge in [0.15, 0.2) is 0 Å². The van der Waals surface area contributed by atoms with E-state index in [0.29, 0.717) is 0 Å². The summed E-state index contributed by atoms with van der Waals surface area (Å²) in [5.74, 6) is 0. The molecule has 8 heteroatoms. The minimum absolute atomic E-state index is 1.000. The lowest BCUT2D eigenvalue weighted by Crippen LogP contribution is -2.17. The van der Waals surface area contributed by atoms with Gasteiger partial charge in [-0.1, -0.05) is 97.1 Å². The summed E-state index contributed by atoms with van der Waals surface area (Å²) in [7, 11) is 0. The van der Waals surface area contributed by atoms with Gasteiger partial charge < -0.3 is 19.6 Å². The zero-order chi connectivity index (χ0) is 48.7. The van der Waals surface area contributed by atoms with Crippen LogP contribution in [0.2, 0.25) is 0 Å². The molecule has 0 radical (unpaired) electrons. The molecule has 0 saturated heterocycles. The van der Waals surface area contributed by atoms with E-state index >= 15 is 0 Å². The number of hydrogen-bond acceptors (Lipinski definition) is 8. The highest BCUT2D eigenvalue weighted by Gasteiger charge is 2.30. The molecule has 4 heterocycles. The number of aromatic nitrogens is 4. The van der Waals surface area contributed by atoms with Crippen molar-refractivity contribution in [2.24, 2.45) is 0 Å². The van der Waals surface area contributed by atoms with E-state index in [2.05, 4.69) is 249 Å². The Balaban J connectivity index is 1.31. The maximum Gasteiger partial charge on any atom is 0.0561 e. The third kappa shape index (κ3) is 7.57. The molecule has 0 spiro atoms. The second kappa shape index (κ2) is 18.5. The zero-order valence-electron chi connectivity index (χ0n) is 40.5. The molecule has 8 nitrogen and oxygen atoms in total. The van der Waals surface area contributed by atoms with Crippen molar-refractivity contribution < 1.29 is 0 Å². The number of anilines is 12. The van der Waals surface area contributed by atoms with Crippen LogP contribution in [0.5, 0.6) is 0 Å². The van der Waals surface area contributed by atoms with Crippen LogP contribution < -0.4 is 19.6 Å². The van der Waals surface area contributed by atoms with Crippen LogP contribution in [0.1, 0.15) is 22.3 Å². The van der Waals surface area contributed by atoms with E-state index in [1.54, 1.807) is 0 Å². The molecule has 0 N–H and O–H groups in total. The van der Waals surface area contributed by atoms with Gasteiger partial charge in [0.05, 0.1) is 22.7 Å². The molecule has 0 unspecified atom stereocenters. The van der Waals surface area contributed by atoms with Gasteiger partial charge in [0.2, 0.25) is 0 Å². The summed E-state index contributed by atoms with van der Waals surface area (Å²) in [6.07, 6.45) is 15.0. The van der Waals surface area contributed by atoms with Crippen molar-refractivity contribution in [2.45, 2.75) is 27.7 Å². The Morgan fingerprint density at radius 1 is 0.236 bits per heavy atom. The first kappa shape index (κ1) is 43.9. The lowest BCUT2D eigenvalue weighted by Gasteiger charge is -2.35. The van der Waals surface area contributed by atoms with Gasteiger partial charge in [0.1, 0.15) is 0 Å². The summed E-state index contributed by atoms with van der Waals surface area (Å²) in [6.45, 7) is 8.75. The van der Waals surface area contributed by atoms with Crippen LogP contribution in [0.25, 0.3) is 32.3 Å². The molecule has 8 aromatic carbocycles. The van der Waals surface area contributed by atoms with Crippen molar-refractivity contribution in [1.82, 2.24) is 19.9 Å². The first-order valence-corrected chi connectivity index (χ1v) is 24.3. The Bertz CT molecular complexity index is 3380. The summed E-state index contributed by atoms with van der Waals surface area (Å²) in [4.78, 5) is 27.7. The molecule has 0 aliphatic heterocycles. The Morgan fingerprint density at radius 3 is 0.653 bits per heavy atom. The van der Waals surface area contributed by atoms with Crippen molar-refractivity contribution >= 4 is 101 Å². The molecule has 346 valence electrons. The molecule has 0 aliphatic rings. The van der Waals surface area contributed by atoms with Gasteiger partial charge in [-0.05, 0) is 135 Å². The molecule has 72 heavy (non-hydrogen) atoms. The van der Waals surface area contributed by atoms with Crippen LogP contribution in [0.4, 0.5) is 68.2 Å². The molecule has 0 saturated carbocycles. The molecular formula is C64H50N8. The van der Waals surface area contributed by atoms with Gasteiger partial charge in [0, 0.05) is 127 Å². The number of nitrogens with zero attached hydrogens (tertiary/aromatic N) is 8. The Kier molecular flexibility index (Phi) is 11.3. The first-order chi connectivity index (χ1) is 35.4. The quantitative estimate of drug-likeness (QED) is 0.112. The summed E-state index contributed by atoms with van der Waals surface area (Å²) in [6, 6.07) is 65.5. The topological polar surface area (TPSA) is 64.5 Å². The van der Waals surface area contributed by atoms with E-state index in [0.717, 1.165) is 123 Å². The normalized spacial score (nSPS) is 11.3. The largest absolute Gasteiger partial charge is 0.309 e. The van der Waals surface area contributed by atoms with Gasteiger partial charge in [-0.25, -0.2) is 0 Å². The highest BCUT2D eigenvalue weighted by atomic mass is 15.2. The smallest absolute Gasteiger partial charge is 0.0561 e. The minimum atomic E-state index is 1.000. The van der Waals surface area contributed by atoms with Gasteiger partial charge in [-0.3, -0.25) is 19.9 Å². The van der Waals surface area contributed by atoms with E-state index in [4.69, 9.17) is 0 Å². The Hall–Kier alpha value is -9.40. The second-order valence-electron chi connectivity index (χ2n) is 18.2. The number of para-hydroxylation sites is 4. The second-order valence-corrected chi connectivity index (χ2v) is 18.2. The van der Waals surface area contributed by atoms with Crippen molar-refractivity contribution in [3.8, 4) is 0 Å². The molecule has 0 fully saturated rings. The number of hydrogen-bond donors (Lipinski definition) is 0. The Morgan fingerprint density at radius 2 is 0.444 bits per heavy atom.